The van der Waals surface area contributed by atoms with Gasteiger partial charge in [0.1, 0.15) is 12.2 Å². The van der Waals surface area contributed by atoms with E-state index in [0.717, 1.165) is 41.4 Å². The average molecular weight is 356 g/mol. The van der Waals surface area contributed by atoms with Crippen LogP contribution in [0.25, 0.3) is 11.0 Å². The van der Waals surface area contributed by atoms with Gasteiger partial charge in [0.15, 0.2) is 5.16 Å². The molecule has 1 fully saturated rings. The number of fused-ring (bicyclic) bond motifs is 1. The van der Waals surface area contributed by atoms with E-state index in [2.05, 4.69) is 38.1 Å². The lowest BCUT2D eigenvalue weighted by molar-refractivity contribution is -0.129. The Kier molecular flexibility index (Phi) is 4.44. The van der Waals surface area contributed by atoms with Crippen LogP contribution in [0.1, 0.15) is 30.1 Å². The number of carbonyl (C=O) groups is 1. The summed E-state index contributed by atoms with van der Waals surface area (Å²) in [7, 11) is 0. The maximum Gasteiger partial charge on any atom is 0.233 e. The van der Waals surface area contributed by atoms with Gasteiger partial charge in [-0.1, -0.05) is 17.8 Å². The van der Waals surface area contributed by atoms with Gasteiger partial charge in [-0.2, -0.15) is 5.10 Å². The van der Waals surface area contributed by atoms with Gasteiger partial charge in [-0.25, -0.2) is 9.97 Å². The molecule has 1 atom stereocenters. The lowest BCUT2D eigenvalue weighted by Crippen LogP contribution is -2.40. The molecule has 4 rings (SSSR count). The Labute approximate surface area is 149 Å². The second-order valence-electron chi connectivity index (χ2n) is 6.40. The summed E-state index contributed by atoms with van der Waals surface area (Å²) in [6.07, 6.45) is 3.55. The van der Waals surface area contributed by atoms with Gasteiger partial charge in [0.25, 0.3) is 0 Å². The smallest absolute Gasteiger partial charge is 0.233 e. The number of imidazole rings is 1. The number of carbonyl (C=O) groups excluding carboxylic acids is 1. The number of benzene rings is 1. The van der Waals surface area contributed by atoms with Crippen LogP contribution in [0.15, 0.2) is 29.7 Å². The van der Waals surface area contributed by atoms with Gasteiger partial charge in [0.05, 0.1) is 16.8 Å². The van der Waals surface area contributed by atoms with Gasteiger partial charge in [-0.3, -0.25) is 9.89 Å². The van der Waals surface area contributed by atoms with Crippen molar-refractivity contribution in [1.82, 2.24) is 30.0 Å². The lowest BCUT2D eigenvalue weighted by atomic mass is 9.97. The van der Waals surface area contributed by atoms with Crippen molar-refractivity contribution in [2.45, 2.75) is 30.8 Å². The number of thioether (sulfide) groups is 1. The fraction of sp³-hybridized carbons (Fsp3) is 0.412. The van der Waals surface area contributed by atoms with Crippen LogP contribution >= 0.6 is 11.8 Å². The molecule has 0 bridgehead atoms. The first-order valence-electron chi connectivity index (χ1n) is 8.41. The number of hydrogen-bond acceptors (Lipinski definition) is 5. The monoisotopic (exact) mass is 356 g/mol. The minimum absolute atomic E-state index is 0.144. The fourth-order valence-electron chi connectivity index (χ4n) is 3.23. The summed E-state index contributed by atoms with van der Waals surface area (Å²) in [6, 6.07) is 6.11. The number of H-pyrrole nitrogens is 2. The Bertz CT molecular complexity index is 875. The van der Waals surface area contributed by atoms with Crippen LogP contribution in [0.5, 0.6) is 0 Å². The molecule has 1 amide bonds. The van der Waals surface area contributed by atoms with Crippen LogP contribution in [-0.4, -0.2) is 54.8 Å². The number of nitrogens with one attached hydrogen (secondary N) is 2. The van der Waals surface area contributed by atoms with Gasteiger partial charge < -0.3 is 9.88 Å². The number of rotatable bonds is 4. The van der Waals surface area contributed by atoms with E-state index in [1.807, 2.05) is 17.0 Å². The highest BCUT2D eigenvalue weighted by Crippen LogP contribution is 2.25. The summed E-state index contributed by atoms with van der Waals surface area (Å²) in [5.74, 6) is 1.66. The summed E-state index contributed by atoms with van der Waals surface area (Å²) in [4.78, 5) is 26.6. The van der Waals surface area contributed by atoms with E-state index < -0.39 is 0 Å². The summed E-state index contributed by atoms with van der Waals surface area (Å²) in [5, 5.41) is 7.63. The average Bonchev–Trinajstić information content (AvgIpc) is 3.29. The Morgan fingerprint density at radius 3 is 3.20 bits per heavy atom. The molecular formula is C17H20N6OS. The van der Waals surface area contributed by atoms with Crippen molar-refractivity contribution in [1.29, 1.82) is 0 Å². The molecule has 3 aromatic rings. The molecule has 0 aliphatic carbocycles. The van der Waals surface area contributed by atoms with E-state index in [4.69, 9.17) is 0 Å². The maximum absolute atomic E-state index is 12.6. The standard InChI is InChI=1S/C17H20N6OS/c1-11-4-5-13-14(7-11)21-17(20-13)25-9-15(24)23-6-2-3-12(8-23)16-18-10-19-22-16/h4-5,7,10,12H,2-3,6,8-9H2,1H3,(H,20,21)(H,18,19,22)/t12-/m1/s1. The third kappa shape index (κ3) is 3.53. The van der Waals surface area contributed by atoms with Gasteiger partial charge in [0.2, 0.25) is 5.91 Å². The molecular weight excluding hydrogens is 336 g/mol. The predicted molar refractivity (Wildman–Crippen MR) is 96.5 cm³/mol. The van der Waals surface area contributed by atoms with Gasteiger partial charge in [-0.05, 0) is 37.5 Å². The molecule has 2 N–H and O–H groups in total. The van der Waals surface area contributed by atoms with Crippen LogP contribution in [0.3, 0.4) is 0 Å². The first-order chi connectivity index (χ1) is 12.2. The number of aryl methyl sites for hydroxylation is 1. The Balaban J connectivity index is 1.37. The van der Waals surface area contributed by atoms with Crippen molar-refractivity contribution in [2.24, 2.45) is 0 Å². The summed E-state index contributed by atoms with van der Waals surface area (Å²) < 4.78 is 0. The molecule has 7 nitrogen and oxygen atoms in total. The molecule has 0 saturated carbocycles. The molecule has 8 heteroatoms. The first kappa shape index (κ1) is 16.1. The molecule has 130 valence electrons. The number of aromatic nitrogens is 5. The summed E-state index contributed by atoms with van der Waals surface area (Å²) >= 11 is 1.46. The van der Waals surface area contributed by atoms with Gasteiger partial charge in [0, 0.05) is 19.0 Å². The van der Waals surface area contributed by atoms with Crippen molar-refractivity contribution in [2.75, 3.05) is 18.8 Å². The highest BCUT2D eigenvalue weighted by Gasteiger charge is 2.26. The van der Waals surface area contributed by atoms with E-state index in [1.54, 1.807) is 0 Å². The number of nitrogens with zero attached hydrogens (tertiary/aromatic N) is 4. The van der Waals surface area contributed by atoms with Crippen molar-refractivity contribution < 1.29 is 4.79 Å². The highest BCUT2D eigenvalue weighted by molar-refractivity contribution is 7.99. The lowest BCUT2D eigenvalue weighted by Gasteiger charge is -2.31. The first-order valence-corrected chi connectivity index (χ1v) is 9.40. The molecule has 0 unspecified atom stereocenters. The van der Waals surface area contributed by atoms with Crippen molar-refractivity contribution >= 4 is 28.7 Å². The molecule has 25 heavy (non-hydrogen) atoms. The Hall–Kier alpha value is -2.35. The Morgan fingerprint density at radius 1 is 1.44 bits per heavy atom. The predicted octanol–water partition coefficient (Wildman–Crippen LogP) is 2.49. The molecule has 3 heterocycles. The minimum Gasteiger partial charge on any atom is -0.341 e. The number of likely N-dealkylation sites (tertiary alicyclic amines) is 1. The van der Waals surface area contributed by atoms with Crippen LogP contribution in [-0.2, 0) is 4.79 Å². The van der Waals surface area contributed by atoms with Crippen LogP contribution in [0.2, 0.25) is 0 Å². The summed E-state index contributed by atoms with van der Waals surface area (Å²) in [5.41, 5.74) is 3.14. The zero-order valence-corrected chi connectivity index (χ0v) is 14.8. The van der Waals surface area contributed by atoms with Crippen molar-refractivity contribution in [3.8, 4) is 0 Å². The van der Waals surface area contributed by atoms with E-state index in [-0.39, 0.29) is 11.8 Å². The maximum atomic E-state index is 12.6. The largest absolute Gasteiger partial charge is 0.341 e. The molecule has 1 aromatic carbocycles. The highest BCUT2D eigenvalue weighted by atomic mass is 32.2. The van der Waals surface area contributed by atoms with E-state index >= 15 is 0 Å². The van der Waals surface area contributed by atoms with E-state index in [0.29, 0.717) is 12.3 Å². The second-order valence-corrected chi connectivity index (χ2v) is 7.36. The van der Waals surface area contributed by atoms with Crippen molar-refractivity contribution in [3.05, 3.63) is 35.9 Å². The number of hydrogen-bond donors (Lipinski definition) is 2. The molecule has 0 radical (unpaired) electrons. The molecule has 1 saturated heterocycles. The second kappa shape index (κ2) is 6.87. The molecule has 1 aliphatic rings. The zero-order valence-electron chi connectivity index (χ0n) is 14.0. The molecule has 0 spiro atoms. The fourth-order valence-corrected chi connectivity index (χ4v) is 4.02. The molecule has 1 aliphatic heterocycles. The van der Waals surface area contributed by atoms with Gasteiger partial charge >= 0.3 is 0 Å². The van der Waals surface area contributed by atoms with Crippen LogP contribution in [0.4, 0.5) is 0 Å². The summed E-state index contributed by atoms with van der Waals surface area (Å²) in [6.45, 7) is 3.56. The normalized spacial score (nSPS) is 18.0. The third-order valence-electron chi connectivity index (χ3n) is 4.54. The van der Waals surface area contributed by atoms with E-state index in [9.17, 15) is 4.79 Å². The third-order valence-corrected chi connectivity index (χ3v) is 5.40. The van der Waals surface area contributed by atoms with Gasteiger partial charge in [-0.15, -0.1) is 0 Å². The number of aromatic amines is 2. The van der Waals surface area contributed by atoms with Crippen LogP contribution < -0.4 is 0 Å². The minimum atomic E-state index is 0.144. The number of piperidine rings is 1. The topological polar surface area (TPSA) is 90.6 Å². The molecule has 2 aromatic heterocycles. The van der Waals surface area contributed by atoms with Crippen molar-refractivity contribution in [3.63, 3.8) is 0 Å². The van der Waals surface area contributed by atoms with E-state index in [1.165, 1.54) is 23.7 Å². The van der Waals surface area contributed by atoms with Crippen LogP contribution in [0, 0.1) is 6.92 Å². The Morgan fingerprint density at radius 2 is 2.36 bits per heavy atom. The number of amides is 1. The zero-order chi connectivity index (χ0) is 17.2. The quantitative estimate of drug-likeness (QED) is 0.701. The SMILES string of the molecule is Cc1ccc2nc(SCC(=O)N3CCC[C@@H](c4ncn[nH]4)C3)[nH]c2c1.